The number of Topliss-reactive ketones (excluding diaryl/α,β-unsaturated/α-hetero) is 2. The molecule has 0 heterocycles. The van der Waals surface area contributed by atoms with E-state index in [0.717, 1.165) is 18.4 Å². The van der Waals surface area contributed by atoms with Gasteiger partial charge in [-0.25, -0.2) is 0 Å². The van der Waals surface area contributed by atoms with Crippen LogP contribution in [0, 0.1) is 0 Å². The van der Waals surface area contributed by atoms with E-state index in [-0.39, 0.29) is 29.8 Å². The number of unbranched alkanes of at least 4 members (excludes halogenated alkanes) is 2. The molecule has 0 aliphatic rings. The Bertz CT molecular complexity index is 924. The second-order valence-corrected chi connectivity index (χ2v) is 7.90. The van der Waals surface area contributed by atoms with E-state index in [0.29, 0.717) is 36.9 Å². The summed E-state index contributed by atoms with van der Waals surface area (Å²) in [6.07, 6.45) is 4.05. The molecule has 32 heavy (non-hydrogen) atoms. The lowest BCUT2D eigenvalue weighted by molar-refractivity contribution is -0.126. The number of benzene rings is 2. The summed E-state index contributed by atoms with van der Waals surface area (Å²) < 4.78 is 0. The van der Waals surface area contributed by atoms with Crippen LogP contribution < -0.4 is 10.6 Å². The summed E-state index contributed by atoms with van der Waals surface area (Å²) in [6, 6.07) is 15.4. The first-order valence-corrected chi connectivity index (χ1v) is 11.2. The van der Waals surface area contributed by atoms with Gasteiger partial charge < -0.3 is 10.6 Å². The van der Waals surface area contributed by atoms with E-state index >= 15 is 0 Å². The maximum atomic E-state index is 12.9. The molecular formula is C26H32N2O4. The minimum absolute atomic E-state index is 0.0876. The molecule has 0 fully saturated rings. The van der Waals surface area contributed by atoms with Gasteiger partial charge >= 0.3 is 0 Å². The number of ketones is 2. The first kappa shape index (κ1) is 25.0. The van der Waals surface area contributed by atoms with Crippen molar-refractivity contribution in [2.24, 2.45) is 0 Å². The third-order valence-electron chi connectivity index (χ3n) is 5.24. The van der Waals surface area contributed by atoms with E-state index in [1.54, 1.807) is 24.3 Å². The summed E-state index contributed by atoms with van der Waals surface area (Å²) in [6.45, 7) is 3.32. The summed E-state index contributed by atoms with van der Waals surface area (Å²) in [5.41, 5.74) is 1.89. The Morgan fingerprint density at radius 3 is 2.34 bits per heavy atom. The summed E-state index contributed by atoms with van der Waals surface area (Å²) >= 11 is 0. The molecule has 6 heteroatoms. The lowest BCUT2D eigenvalue weighted by atomic mass is 10.0. The molecular weight excluding hydrogens is 404 g/mol. The highest BCUT2D eigenvalue weighted by Gasteiger charge is 2.21. The van der Waals surface area contributed by atoms with Crippen molar-refractivity contribution in [1.29, 1.82) is 0 Å². The fraction of sp³-hybridized carbons (Fsp3) is 0.385. The summed E-state index contributed by atoms with van der Waals surface area (Å²) in [7, 11) is 0. The molecule has 2 aromatic rings. The molecule has 0 aromatic heterocycles. The summed E-state index contributed by atoms with van der Waals surface area (Å²) in [5, 5.41) is 5.66. The van der Waals surface area contributed by atoms with Crippen molar-refractivity contribution < 1.29 is 19.2 Å². The highest BCUT2D eigenvalue weighted by molar-refractivity contribution is 5.99. The number of nitrogens with one attached hydrogen (secondary N) is 2. The number of hydrogen-bond acceptors (Lipinski definition) is 4. The largest absolute Gasteiger partial charge is 0.344 e. The first-order chi connectivity index (χ1) is 15.4. The molecule has 2 rings (SSSR count). The van der Waals surface area contributed by atoms with Gasteiger partial charge in [0.25, 0.3) is 0 Å². The van der Waals surface area contributed by atoms with E-state index in [1.165, 1.54) is 6.92 Å². The Morgan fingerprint density at radius 2 is 1.66 bits per heavy atom. The molecule has 0 spiro atoms. The van der Waals surface area contributed by atoms with Crippen LogP contribution in [-0.4, -0.2) is 29.4 Å². The molecule has 0 radical (unpaired) electrons. The van der Waals surface area contributed by atoms with E-state index < -0.39 is 6.04 Å². The quantitative estimate of drug-likeness (QED) is 0.358. The average molecular weight is 437 g/mol. The van der Waals surface area contributed by atoms with Crippen molar-refractivity contribution in [2.75, 3.05) is 5.32 Å². The Morgan fingerprint density at radius 1 is 0.906 bits per heavy atom. The second kappa shape index (κ2) is 13.2. The van der Waals surface area contributed by atoms with Gasteiger partial charge in [-0.3, -0.25) is 19.2 Å². The molecule has 2 amide bonds. The summed E-state index contributed by atoms with van der Waals surface area (Å²) in [5.74, 6) is -0.400. The van der Waals surface area contributed by atoms with Crippen LogP contribution in [0.15, 0.2) is 54.6 Å². The zero-order valence-electron chi connectivity index (χ0n) is 18.9. The monoisotopic (exact) mass is 436 g/mol. The van der Waals surface area contributed by atoms with Crippen molar-refractivity contribution in [3.63, 3.8) is 0 Å². The molecule has 6 nitrogen and oxygen atoms in total. The molecule has 0 unspecified atom stereocenters. The van der Waals surface area contributed by atoms with Gasteiger partial charge in [-0.15, -0.1) is 0 Å². The van der Waals surface area contributed by atoms with Crippen molar-refractivity contribution in [3.8, 4) is 0 Å². The molecule has 0 bridgehead atoms. The lowest BCUT2D eigenvalue weighted by Crippen LogP contribution is -2.44. The van der Waals surface area contributed by atoms with Gasteiger partial charge in [-0.05, 0) is 37.5 Å². The molecule has 2 aromatic carbocycles. The fourth-order valence-electron chi connectivity index (χ4n) is 3.36. The molecule has 0 aliphatic carbocycles. The SMILES string of the molecule is CCC(=O)CCCCC[C@H](NC(=O)Cc1ccccc1)C(=O)Nc1cccc(C(C)=O)c1. The van der Waals surface area contributed by atoms with Crippen molar-refractivity contribution in [2.45, 2.75) is 64.8 Å². The molecule has 2 N–H and O–H groups in total. The van der Waals surface area contributed by atoms with Crippen LogP contribution in [0.5, 0.6) is 0 Å². The number of carbonyl (C=O) groups excluding carboxylic acids is 4. The predicted octanol–water partition coefficient (Wildman–Crippen LogP) is 4.48. The second-order valence-electron chi connectivity index (χ2n) is 7.90. The van der Waals surface area contributed by atoms with E-state index in [4.69, 9.17) is 0 Å². The first-order valence-electron chi connectivity index (χ1n) is 11.2. The minimum Gasteiger partial charge on any atom is -0.344 e. The van der Waals surface area contributed by atoms with Gasteiger partial charge in [0.2, 0.25) is 11.8 Å². The van der Waals surface area contributed by atoms with Gasteiger partial charge in [0.05, 0.1) is 6.42 Å². The standard InChI is InChI=1S/C26H32N2O4/c1-3-23(30)15-8-5-9-16-24(28-25(31)17-20-11-6-4-7-12-20)26(32)27-22-14-10-13-21(18-22)19(2)29/h4,6-7,10-14,18,24H,3,5,8-9,15-17H2,1-2H3,(H,27,32)(H,28,31)/t24-/m0/s1. The zero-order valence-corrected chi connectivity index (χ0v) is 18.9. The topological polar surface area (TPSA) is 92.3 Å². The van der Waals surface area contributed by atoms with Crippen LogP contribution in [0.3, 0.4) is 0 Å². The zero-order chi connectivity index (χ0) is 23.3. The molecule has 0 saturated carbocycles. The third kappa shape index (κ3) is 8.84. The van der Waals surface area contributed by atoms with Crippen molar-refractivity contribution in [1.82, 2.24) is 5.32 Å². The van der Waals surface area contributed by atoms with E-state index in [9.17, 15) is 19.2 Å². The van der Waals surface area contributed by atoms with E-state index in [1.807, 2.05) is 37.3 Å². The van der Waals surface area contributed by atoms with Crippen molar-refractivity contribution in [3.05, 3.63) is 65.7 Å². The van der Waals surface area contributed by atoms with Crippen LogP contribution in [-0.2, 0) is 20.8 Å². The van der Waals surface area contributed by atoms with Gasteiger partial charge in [0.1, 0.15) is 11.8 Å². The summed E-state index contributed by atoms with van der Waals surface area (Å²) in [4.78, 5) is 48.6. The minimum atomic E-state index is -0.700. The van der Waals surface area contributed by atoms with Gasteiger partial charge in [-0.2, -0.15) is 0 Å². The molecule has 1 atom stereocenters. The number of carbonyl (C=O) groups is 4. The van der Waals surface area contributed by atoms with Crippen LogP contribution in [0.4, 0.5) is 5.69 Å². The Balaban J connectivity index is 2.00. The smallest absolute Gasteiger partial charge is 0.246 e. The fourth-order valence-corrected chi connectivity index (χ4v) is 3.36. The molecule has 0 aliphatic heterocycles. The van der Waals surface area contributed by atoms with Crippen molar-refractivity contribution >= 4 is 29.1 Å². The average Bonchev–Trinajstić information content (AvgIpc) is 2.78. The maximum absolute atomic E-state index is 12.9. The normalized spacial score (nSPS) is 11.4. The van der Waals surface area contributed by atoms with Gasteiger partial charge in [0.15, 0.2) is 5.78 Å². The van der Waals surface area contributed by atoms with Gasteiger partial charge in [-0.1, -0.05) is 62.2 Å². The highest BCUT2D eigenvalue weighted by atomic mass is 16.2. The number of rotatable bonds is 13. The van der Waals surface area contributed by atoms with Crippen LogP contribution in [0.1, 0.15) is 68.3 Å². The Kier molecular flexibility index (Phi) is 10.3. The van der Waals surface area contributed by atoms with E-state index in [2.05, 4.69) is 10.6 Å². The number of anilines is 1. The van der Waals surface area contributed by atoms with Crippen LogP contribution in [0.2, 0.25) is 0 Å². The Labute approximate surface area is 189 Å². The number of hydrogen-bond donors (Lipinski definition) is 2. The maximum Gasteiger partial charge on any atom is 0.246 e. The van der Waals surface area contributed by atoms with Gasteiger partial charge in [0, 0.05) is 24.1 Å². The predicted molar refractivity (Wildman–Crippen MR) is 126 cm³/mol. The number of amides is 2. The third-order valence-corrected chi connectivity index (χ3v) is 5.24. The highest BCUT2D eigenvalue weighted by Crippen LogP contribution is 2.14. The molecule has 170 valence electrons. The van der Waals surface area contributed by atoms with Crippen LogP contribution in [0.25, 0.3) is 0 Å². The lowest BCUT2D eigenvalue weighted by Gasteiger charge is -2.19. The molecule has 0 saturated heterocycles. The Hall–Kier alpha value is -3.28. The van der Waals surface area contributed by atoms with Crippen LogP contribution >= 0.6 is 0 Å².